The van der Waals surface area contributed by atoms with Crippen LogP contribution in [0.15, 0.2) is 24.3 Å². The highest BCUT2D eigenvalue weighted by molar-refractivity contribution is 6.30. The molecule has 0 atom stereocenters. The molecule has 4 nitrogen and oxygen atoms in total. The van der Waals surface area contributed by atoms with E-state index in [2.05, 4.69) is 22.4 Å². The van der Waals surface area contributed by atoms with Crippen molar-refractivity contribution in [3.63, 3.8) is 0 Å². The molecule has 0 saturated heterocycles. The molecule has 65 valence electrons. The topological polar surface area (TPSA) is 43.6 Å². The number of tetrazole rings is 1. The summed E-state index contributed by atoms with van der Waals surface area (Å²) in [5, 5.41) is 11.6. The molecule has 0 N–H and O–H groups in total. The molecule has 2 rings (SSSR count). The van der Waals surface area contributed by atoms with Crippen LogP contribution in [-0.4, -0.2) is 20.2 Å². The van der Waals surface area contributed by atoms with Crippen molar-refractivity contribution in [2.24, 2.45) is 0 Å². The van der Waals surface area contributed by atoms with E-state index < -0.39 is 0 Å². The van der Waals surface area contributed by atoms with Crippen molar-refractivity contribution in [3.8, 4) is 5.69 Å². The Morgan fingerprint density at radius 1 is 1.38 bits per heavy atom. The molecule has 0 spiro atoms. The first-order valence-corrected chi connectivity index (χ1v) is 4.01. The number of rotatable bonds is 1. The number of hydrogen-bond acceptors (Lipinski definition) is 3. The maximum atomic E-state index is 5.81. The molecule has 0 fully saturated rings. The Balaban J connectivity index is 2.53. The van der Waals surface area contributed by atoms with Crippen LogP contribution in [0.2, 0.25) is 5.02 Å². The molecular formula is C8H6ClN4. The molecule has 13 heavy (non-hydrogen) atoms. The van der Waals surface area contributed by atoms with Crippen molar-refractivity contribution in [3.05, 3.63) is 42.0 Å². The van der Waals surface area contributed by atoms with Crippen LogP contribution in [0.3, 0.4) is 0 Å². The average Bonchev–Trinajstić information content (AvgIpc) is 2.51. The van der Waals surface area contributed by atoms with E-state index in [4.69, 9.17) is 11.6 Å². The van der Waals surface area contributed by atoms with Gasteiger partial charge in [0.15, 0.2) is 5.82 Å². The van der Waals surface area contributed by atoms with Crippen LogP contribution in [0.4, 0.5) is 0 Å². The van der Waals surface area contributed by atoms with E-state index in [-0.39, 0.29) is 0 Å². The summed E-state index contributed by atoms with van der Waals surface area (Å²) in [5.41, 5.74) is 0.808. The lowest BCUT2D eigenvalue weighted by Gasteiger charge is -2.00. The minimum absolute atomic E-state index is 0.488. The fourth-order valence-electron chi connectivity index (χ4n) is 1.01. The van der Waals surface area contributed by atoms with Crippen LogP contribution in [0.1, 0.15) is 5.82 Å². The van der Waals surface area contributed by atoms with E-state index in [0.717, 1.165) is 5.69 Å². The van der Waals surface area contributed by atoms with Gasteiger partial charge in [-0.3, -0.25) is 0 Å². The Morgan fingerprint density at radius 3 is 2.85 bits per heavy atom. The van der Waals surface area contributed by atoms with E-state index >= 15 is 0 Å². The van der Waals surface area contributed by atoms with Gasteiger partial charge in [-0.25, -0.2) is 0 Å². The second-order valence-electron chi connectivity index (χ2n) is 2.49. The van der Waals surface area contributed by atoms with Crippen molar-refractivity contribution >= 4 is 11.6 Å². The summed E-state index contributed by atoms with van der Waals surface area (Å²) < 4.78 is 1.52. The van der Waals surface area contributed by atoms with E-state index in [1.54, 1.807) is 12.1 Å². The number of halogens is 1. The van der Waals surface area contributed by atoms with Crippen molar-refractivity contribution in [1.82, 2.24) is 20.2 Å². The Labute approximate surface area is 80.1 Å². The zero-order valence-electron chi connectivity index (χ0n) is 6.68. The molecule has 1 aromatic carbocycles. The van der Waals surface area contributed by atoms with Crippen LogP contribution in [0.25, 0.3) is 5.69 Å². The molecule has 1 radical (unpaired) electrons. The summed E-state index contributed by atoms with van der Waals surface area (Å²) in [6.45, 7) is 3.67. The summed E-state index contributed by atoms with van der Waals surface area (Å²) in [4.78, 5) is 0. The molecule has 0 aliphatic rings. The molecule has 5 heteroatoms. The van der Waals surface area contributed by atoms with Gasteiger partial charge in [0.25, 0.3) is 0 Å². The van der Waals surface area contributed by atoms with E-state index in [9.17, 15) is 0 Å². The first-order chi connectivity index (χ1) is 6.27. The monoisotopic (exact) mass is 193 g/mol. The maximum Gasteiger partial charge on any atom is 0.157 e. The highest BCUT2D eigenvalue weighted by atomic mass is 35.5. The van der Waals surface area contributed by atoms with Crippen molar-refractivity contribution in [2.45, 2.75) is 0 Å². The molecule has 0 aliphatic heterocycles. The summed E-state index contributed by atoms with van der Waals surface area (Å²) in [5.74, 6) is 0.488. The zero-order chi connectivity index (χ0) is 9.26. The summed E-state index contributed by atoms with van der Waals surface area (Å²) in [6, 6.07) is 7.25. The number of hydrogen-bond donors (Lipinski definition) is 0. The predicted molar refractivity (Wildman–Crippen MR) is 48.6 cm³/mol. The fourth-order valence-corrected chi connectivity index (χ4v) is 1.20. The smallest absolute Gasteiger partial charge is 0.157 e. The summed E-state index contributed by atoms with van der Waals surface area (Å²) >= 11 is 5.81. The zero-order valence-corrected chi connectivity index (χ0v) is 7.44. The number of benzene rings is 1. The largest absolute Gasteiger partial charge is 0.197 e. The van der Waals surface area contributed by atoms with Gasteiger partial charge in [0, 0.05) is 11.9 Å². The van der Waals surface area contributed by atoms with Crippen molar-refractivity contribution in [2.75, 3.05) is 0 Å². The molecule has 0 bridgehead atoms. The molecule has 0 unspecified atom stereocenters. The van der Waals surface area contributed by atoms with Crippen LogP contribution in [0, 0.1) is 6.92 Å². The van der Waals surface area contributed by atoms with Crippen LogP contribution < -0.4 is 0 Å². The average molecular weight is 194 g/mol. The molecule has 0 aliphatic carbocycles. The first kappa shape index (κ1) is 8.19. The normalized spacial score (nSPS) is 10.3. The first-order valence-electron chi connectivity index (χ1n) is 3.63. The minimum atomic E-state index is 0.488. The molecule has 0 saturated carbocycles. The Bertz CT molecular complexity index is 424. The lowest BCUT2D eigenvalue weighted by Crippen LogP contribution is -1.98. The maximum absolute atomic E-state index is 5.81. The number of nitrogens with zero attached hydrogens (tertiary/aromatic N) is 4. The van der Waals surface area contributed by atoms with Crippen LogP contribution in [-0.2, 0) is 0 Å². The van der Waals surface area contributed by atoms with Gasteiger partial charge < -0.3 is 0 Å². The lowest BCUT2D eigenvalue weighted by atomic mass is 10.3. The van der Waals surface area contributed by atoms with Gasteiger partial charge >= 0.3 is 0 Å². The minimum Gasteiger partial charge on any atom is -0.197 e. The van der Waals surface area contributed by atoms with E-state index in [1.165, 1.54) is 4.68 Å². The third kappa shape index (κ3) is 1.53. The van der Waals surface area contributed by atoms with Gasteiger partial charge in [0.1, 0.15) is 0 Å². The highest BCUT2D eigenvalue weighted by Gasteiger charge is 2.02. The lowest BCUT2D eigenvalue weighted by molar-refractivity contribution is 0.784. The third-order valence-corrected chi connectivity index (χ3v) is 1.82. The Kier molecular flexibility index (Phi) is 1.98. The molecule has 0 amide bonds. The predicted octanol–water partition coefficient (Wildman–Crippen LogP) is 1.50. The van der Waals surface area contributed by atoms with Crippen molar-refractivity contribution in [1.29, 1.82) is 0 Å². The number of aromatic nitrogens is 4. The standard InChI is InChI=1S/C8H6ClN4/c1-6-10-11-12-13(6)8-4-2-3-7(9)5-8/h2-5H,1H2. The summed E-state index contributed by atoms with van der Waals surface area (Å²) in [7, 11) is 0. The molecule has 1 heterocycles. The van der Waals surface area contributed by atoms with Gasteiger partial charge in [0.05, 0.1) is 5.69 Å². The third-order valence-electron chi connectivity index (χ3n) is 1.59. The SMILES string of the molecule is [CH2]c1nnnn1-c1cccc(Cl)c1. The van der Waals surface area contributed by atoms with Gasteiger partial charge in [0.2, 0.25) is 0 Å². The van der Waals surface area contributed by atoms with Crippen LogP contribution >= 0.6 is 11.6 Å². The van der Waals surface area contributed by atoms with Gasteiger partial charge in [-0.1, -0.05) is 17.7 Å². The molecule has 1 aromatic heterocycles. The molecular weight excluding hydrogens is 188 g/mol. The van der Waals surface area contributed by atoms with E-state index in [1.807, 2.05) is 12.1 Å². The summed E-state index contributed by atoms with van der Waals surface area (Å²) in [6.07, 6.45) is 0. The van der Waals surface area contributed by atoms with Crippen LogP contribution in [0.5, 0.6) is 0 Å². The molecule has 2 aromatic rings. The van der Waals surface area contributed by atoms with E-state index in [0.29, 0.717) is 10.8 Å². The Hall–Kier alpha value is -1.42. The Morgan fingerprint density at radius 2 is 2.23 bits per heavy atom. The van der Waals surface area contributed by atoms with Gasteiger partial charge in [-0.05, 0) is 28.6 Å². The van der Waals surface area contributed by atoms with Crippen molar-refractivity contribution < 1.29 is 0 Å². The second kappa shape index (κ2) is 3.14. The highest BCUT2D eigenvalue weighted by Crippen LogP contribution is 2.13. The van der Waals surface area contributed by atoms with Gasteiger partial charge in [-0.2, -0.15) is 4.68 Å². The second-order valence-corrected chi connectivity index (χ2v) is 2.92. The fraction of sp³-hybridized carbons (Fsp3) is 0. The quantitative estimate of drug-likeness (QED) is 0.690. The van der Waals surface area contributed by atoms with Gasteiger partial charge in [-0.15, -0.1) is 5.10 Å².